The van der Waals surface area contributed by atoms with Gasteiger partial charge in [-0.25, -0.2) is 0 Å². The molecule has 0 amide bonds. The van der Waals surface area contributed by atoms with E-state index in [2.05, 4.69) is 45.1 Å². The van der Waals surface area contributed by atoms with E-state index in [9.17, 15) is 5.11 Å². The van der Waals surface area contributed by atoms with Crippen LogP contribution in [0.5, 0.6) is 0 Å². The van der Waals surface area contributed by atoms with Gasteiger partial charge in [-0.05, 0) is 25.8 Å². The molecule has 108 valence electrons. The SMILES string of the molecule is CCC(C)SCC(CO)(NC(C)C)c1ccccc1. The molecule has 2 unspecified atom stereocenters. The first-order valence-electron chi connectivity index (χ1n) is 7.09. The highest BCUT2D eigenvalue weighted by Gasteiger charge is 2.32. The molecule has 0 saturated carbocycles. The molecule has 2 nitrogen and oxygen atoms in total. The van der Waals surface area contributed by atoms with Gasteiger partial charge in [-0.1, -0.05) is 44.2 Å². The Morgan fingerprint density at radius 1 is 1.21 bits per heavy atom. The fourth-order valence-electron chi connectivity index (χ4n) is 2.10. The average molecular weight is 281 g/mol. The van der Waals surface area contributed by atoms with Crippen molar-refractivity contribution < 1.29 is 5.11 Å². The standard InChI is InChI=1S/C16H27NOS/c1-5-14(4)19-12-16(11-18,17-13(2)3)15-9-7-6-8-10-15/h6-10,13-14,17-18H,5,11-12H2,1-4H3. The monoisotopic (exact) mass is 281 g/mol. The maximum atomic E-state index is 9.99. The van der Waals surface area contributed by atoms with Gasteiger partial charge in [-0.2, -0.15) is 11.8 Å². The molecule has 0 fully saturated rings. The lowest BCUT2D eigenvalue weighted by atomic mass is 9.92. The van der Waals surface area contributed by atoms with Gasteiger partial charge < -0.3 is 10.4 Å². The molecule has 0 heterocycles. The van der Waals surface area contributed by atoms with Crippen LogP contribution in [0.15, 0.2) is 30.3 Å². The quantitative estimate of drug-likeness (QED) is 0.766. The number of hydrogen-bond donors (Lipinski definition) is 2. The molecule has 1 rings (SSSR count). The van der Waals surface area contributed by atoms with Gasteiger partial charge in [0.1, 0.15) is 0 Å². The first-order valence-corrected chi connectivity index (χ1v) is 8.14. The highest BCUT2D eigenvalue weighted by Crippen LogP contribution is 2.29. The maximum absolute atomic E-state index is 9.99. The van der Waals surface area contributed by atoms with Crippen molar-refractivity contribution in [2.75, 3.05) is 12.4 Å². The number of hydrogen-bond acceptors (Lipinski definition) is 3. The fraction of sp³-hybridized carbons (Fsp3) is 0.625. The largest absolute Gasteiger partial charge is 0.394 e. The molecule has 2 atom stereocenters. The highest BCUT2D eigenvalue weighted by atomic mass is 32.2. The van der Waals surface area contributed by atoms with Gasteiger partial charge in [0.05, 0.1) is 12.1 Å². The molecule has 19 heavy (non-hydrogen) atoms. The van der Waals surface area contributed by atoms with Crippen molar-refractivity contribution in [3.05, 3.63) is 35.9 Å². The van der Waals surface area contributed by atoms with Gasteiger partial charge in [-0.3, -0.25) is 0 Å². The average Bonchev–Trinajstić information content (AvgIpc) is 2.43. The van der Waals surface area contributed by atoms with Crippen molar-refractivity contribution in [3.8, 4) is 0 Å². The van der Waals surface area contributed by atoms with Crippen molar-refractivity contribution in [1.29, 1.82) is 0 Å². The Balaban J connectivity index is 2.94. The van der Waals surface area contributed by atoms with E-state index in [1.807, 2.05) is 30.0 Å². The van der Waals surface area contributed by atoms with Crippen LogP contribution in [0.4, 0.5) is 0 Å². The second kappa shape index (κ2) is 7.93. The predicted molar refractivity (Wildman–Crippen MR) is 85.7 cm³/mol. The molecule has 0 aliphatic rings. The number of thioether (sulfide) groups is 1. The lowest BCUT2D eigenvalue weighted by molar-refractivity contribution is 0.169. The minimum atomic E-state index is -0.344. The summed E-state index contributed by atoms with van der Waals surface area (Å²) in [5.74, 6) is 0.890. The summed E-state index contributed by atoms with van der Waals surface area (Å²) in [6.07, 6.45) is 1.16. The van der Waals surface area contributed by atoms with E-state index in [4.69, 9.17) is 0 Å². The summed E-state index contributed by atoms with van der Waals surface area (Å²) in [6, 6.07) is 10.6. The lowest BCUT2D eigenvalue weighted by Gasteiger charge is -2.36. The number of nitrogens with one attached hydrogen (secondary N) is 1. The molecule has 0 aromatic heterocycles. The van der Waals surface area contributed by atoms with Gasteiger partial charge in [0.2, 0.25) is 0 Å². The van der Waals surface area contributed by atoms with Gasteiger partial charge in [0.25, 0.3) is 0 Å². The van der Waals surface area contributed by atoms with Gasteiger partial charge in [0, 0.05) is 17.0 Å². The van der Waals surface area contributed by atoms with Crippen LogP contribution < -0.4 is 5.32 Å². The Morgan fingerprint density at radius 2 is 1.84 bits per heavy atom. The van der Waals surface area contributed by atoms with Gasteiger partial charge in [0.15, 0.2) is 0 Å². The summed E-state index contributed by atoms with van der Waals surface area (Å²) < 4.78 is 0. The molecule has 3 heteroatoms. The van der Waals surface area contributed by atoms with Crippen LogP contribution in [0.25, 0.3) is 0 Å². The smallest absolute Gasteiger partial charge is 0.0762 e. The van der Waals surface area contributed by atoms with Crippen molar-refractivity contribution >= 4 is 11.8 Å². The summed E-state index contributed by atoms with van der Waals surface area (Å²) >= 11 is 1.92. The third-order valence-electron chi connectivity index (χ3n) is 3.35. The van der Waals surface area contributed by atoms with Crippen LogP contribution >= 0.6 is 11.8 Å². The van der Waals surface area contributed by atoms with Crippen LogP contribution in [0, 0.1) is 0 Å². The molecule has 1 aromatic rings. The van der Waals surface area contributed by atoms with Crippen LogP contribution in [0.2, 0.25) is 0 Å². The highest BCUT2D eigenvalue weighted by molar-refractivity contribution is 7.99. The van der Waals surface area contributed by atoms with E-state index in [1.54, 1.807) is 0 Å². The summed E-state index contributed by atoms with van der Waals surface area (Å²) in [5.41, 5.74) is 0.825. The first-order chi connectivity index (χ1) is 9.04. The normalized spacial score (nSPS) is 16.3. The Bertz CT molecular complexity index is 355. The van der Waals surface area contributed by atoms with Crippen molar-refractivity contribution in [2.24, 2.45) is 0 Å². The van der Waals surface area contributed by atoms with E-state index in [1.165, 1.54) is 5.56 Å². The number of benzene rings is 1. The molecule has 0 aliphatic heterocycles. The van der Waals surface area contributed by atoms with Crippen molar-refractivity contribution in [3.63, 3.8) is 0 Å². The zero-order chi connectivity index (χ0) is 14.3. The topological polar surface area (TPSA) is 32.3 Å². The minimum absolute atomic E-state index is 0.124. The predicted octanol–water partition coefficient (Wildman–Crippen LogP) is 3.40. The van der Waals surface area contributed by atoms with Crippen LogP contribution in [0.3, 0.4) is 0 Å². The third kappa shape index (κ3) is 4.83. The maximum Gasteiger partial charge on any atom is 0.0762 e. The molecular formula is C16H27NOS. The second-order valence-corrected chi connectivity index (χ2v) is 6.86. The molecular weight excluding hydrogens is 254 g/mol. The molecule has 0 spiro atoms. The van der Waals surface area contributed by atoms with E-state index in [-0.39, 0.29) is 12.1 Å². The minimum Gasteiger partial charge on any atom is -0.394 e. The molecule has 0 saturated heterocycles. The van der Waals surface area contributed by atoms with Crippen LogP contribution in [0.1, 0.15) is 39.7 Å². The third-order valence-corrected chi connectivity index (χ3v) is 4.91. The van der Waals surface area contributed by atoms with E-state index in [0.717, 1.165) is 12.2 Å². The zero-order valence-electron chi connectivity index (χ0n) is 12.5. The van der Waals surface area contributed by atoms with Crippen LogP contribution in [-0.2, 0) is 5.54 Å². The van der Waals surface area contributed by atoms with E-state index in [0.29, 0.717) is 11.3 Å². The summed E-state index contributed by atoms with van der Waals surface area (Å²) in [5, 5.41) is 14.2. The first kappa shape index (κ1) is 16.5. The van der Waals surface area contributed by atoms with E-state index >= 15 is 0 Å². The van der Waals surface area contributed by atoms with Crippen LogP contribution in [-0.4, -0.2) is 28.8 Å². The molecule has 0 bridgehead atoms. The Hall–Kier alpha value is -0.510. The Morgan fingerprint density at radius 3 is 2.32 bits per heavy atom. The second-order valence-electron chi connectivity index (χ2n) is 5.44. The van der Waals surface area contributed by atoms with Crippen molar-refractivity contribution in [2.45, 2.75) is 50.9 Å². The van der Waals surface area contributed by atoms with E-state index < -0.39 is 0 Å². The van der Waals surface area contributed by atoms with Gasteiger partial charge in [-0.15, -0.1) is 0 Å². The summed E-state index contributed by atoms with van der Waals surface area (Å²) in [6.45, 7) is 8.82. The number of aliphatic hydroxyl groups is 1. The summed E-state index contributed by atoms with van der Waals surface area (Å²) in [4.78, 5) is 0. The van der Waals surface area contributed by atoms with Crippen molar-refractivity contribution in [1.82, 2.24) is 5.32 Å². The summed E-state index contributed by atoms with van der Waals surface area (Å²) in [7, 11) is 0. The number of aliphatic hydroxyl groups excluding tert-OH is 1. The molecule has 0 aliphatic carbocycles. The lowest BCUT2D eigenvalue weighted by Crippen LogP contribution is -2.51. The zero-order valence-corrected chi connectivity index (χ0v) is 13.3. The molecule has 2 N–H and O–H groups in total. The molecule has 0 radical (unpaired) electrons. The molecule has 1 aromatic carbocycles. The Kier molecular flexibility index (Phi) is 6.90. The number of rotatable bonds is 8. The Labute approximate surface area is 122 Å². The van der Waals surface area contributed by atoms with Gasteiger partial charge >= 0.3 is 0 Å². The fourth-order valence-corrected chi connectivity index (χ4v) is 3.25.